The lowest BCUT2D eigenvalue weighted by molar-refractivity contribution is 0.186. The zero-order chi connectivity index (χ0) is 14.2. The lowest BCUT2D eigenvalue weighted by atomic mass is 9.94. The van der Waals surface area contributed by atoms with Crippen LogP contribution in [0.15, 0.2) is 18.2 Å². The van der Waals surface area contributed by atoms with Crippen molar-refractivity contribution in [2.45, 2.75) is 19.8 Å². The Balaban J connectivity index is 2.93. The van der Waals surface area contributed by atoms with Crippen LogP contribution in [0.2, 0.25) is 0 Å². The van der Waals surface area contributed by atoms with Crippen molar-refractivity contribution in [1.82, 2.24) is 0 Å². The molecule has 0 fully saturated rings. The molecule has 0 amide bonds. The number of benzene rings is 2. The first kappa shape index (κ1) is 13.5. The van der Waals surface area contributed by atoms with Crippen LogP contribution in [-0.2, 0) is 0 Å². The van der Waals surface area contributed by atoms with Crippen molar-refractivity contribution in [2.75, 3.05) is 12.6 Å². The number of fused-ring (bicyclic) bond motifs is 1. The minimum absolute atomic E-state index is 0.0332. The van der Waals surface area contributed by atoms with E-state index in [1.54, 1.807) is 6.07 Å². The maximum Gasteiger partial charge on any atom is 0.228 e. The summed E-state index contributed by atoms with van der Waals surface area (Å²) in [5.74, 6) is -1.97. The molecule has 2 aromatic rings. The summed E-state index contributed by atoms with van der Waals surface area (Å²) in [5.41, 5.74) is 6.71. The topological polar surface area (TPSA) is 35.2 Å². The molecular formula is C14H14F3NO. The number of halogens is 3. The molecule has 102 valence electrons. The fourth-order valence-electron chi connectivity index (χ4n) is 2.15. The molecular weight excluding hydrogens is 255 g/mol. The molecule has 0 atom stereocenters. The third-order valence-corrected chi connectivity index (χ3v) is 2.97. The van der Waals surface area contributed by atoms with Crippen molar-refractivity contribution in [1.29, 1.82) is 0 Å². The second kappa shape index (κ2) is 4.99. The van der Waals surface area contributed by atoms with Crippen LogP contribution < -0.4 is 10.5 Å². The largest absolute Gasteiger partial charge is 0.459 e. The third kappa shape index (κ3) is 2.32. The number of hydrogen-bond donors (Lipinski definition) is 1. The highest BCUT2D eigenvalue weighted by Gasteiger charge is 2.19. The van der Waals surface area contributed by atoms with Crippen LogP contribution >= 0.6 is 0 Å². The number of nitrogen functional groups attached to an aromatic ring is 1. The number of ether oxygens (including phenoxy) is 1. The minimum Gasteiger partial charge on any atom is -0.459 e. The SMILES string of the molecule is CC(C)c1cc(N)cc2c(F)cc(F)c(OCF)c12. The number of nitrogens with two attached hydrogens (primary N) is 1. The van der Waals surface area contributed by atoms with Gasteiger partial charge in [0.1, 0.15) is 5.82 Å². The Kier molecular flexibility index (Phi) is 3.55. The summed E-state index contributed by atoms with van der Waals surface area (Å²) in [6.45, 7) is 2.53. The summed E-state index contributed by atoms with van der Waals surface area (Å²) in [6.07, 6.45) is 0. The summed E-state index contributed by atoms with van der Waals surface area (Å²) < 4.78 is 44.7. The van der Waals surface area contributed by atoms with Gasteiger partial charge in [0.05, 0.1) is 0 Å². The monoisotopic (exact) mass is 269 g/mol. The van der Waals surface area contributed by atoms with Gasteiger partial charge < -0.3 is 10.5 Å². The molecule has 0 saturated carbocycles. The Morgan fingerprint density at radius 3 is 2.42 bits per heavy atom. The molecule has 19 heavy (non-hydrogen) atoms. The predicted molar refractivity (Wildman–Crippen MR) is 69.0 cm³/mol. The fourth-order valence-corrected chi connectivity index (χ4v) is 2.15. The van der Waals surface area contributed by atoms with Gasteiger partial charge in [0, 0.05) is 22.5 Å². The van der Waals surface area contributed by atoms with Crippen LogP contribution in [0.25, 0.3) is 10.8 Å². The van der Waals surface area contributed by atoms with Gasteiger partial charge in [-0.3, -0.25) is 0 Å². The Morgan fingerprint density at radius 1 is 1.16 bits per heavy atom. The van der Waals surface area contributed by atoms with Crippen molar-refractivity contribution in [2.24, 2.45) is 0 Å². The second-order valence-corrected chi connectivity index (χ2v) is 4.61. The highest BCUT2D eigenvalue weighted by molar-refractivity contribution is 5.94. The summed E-state index contributed by atoms with van der Waals surface area (Å²) in [5, 5.41) is 0.368. The van der Waals surface area contributed by atoms with Gasteiger partial charge in [0.15, 0.2) is 11.6 Å². The highest BCUT2D eigenvalue weighted by Crippen LogP contribution is 2.38. The first-order valence-electron chi connectivity index (χ1n) is 5.85. The number of alkyl halides is 1. The summed E-state index contributed by atoms with van der Waals surface area (Å²) in [6, 6.07) is 3.69. The zero-order valence-electron chi connectivity index (χ0n) is 10.6. The number of anilines is 1. The molecule has 0 heterocycles. The molecule has 2 aromatic carbocycles. The van der Waals surface area contributed by atoms with Crippen molar-refractivity contribution < 1.29 is 17.9 Å². The molecule has 2 nitrogen and oxygen atoms in total. The molecule has 0 unspecified atom stereocenters. The maximum absolute atomic E-state index is 13.8. The highest BCUT2D eigenvalue weighted by atomic mass is 19.1. The van der Waals surface area contributed by atoms with Crippen molar-refractivity contribution >= 4 is 16.5 Å². The molecule has 0 aliphatic rings. The molecule has 2 rings (SSSR count). The zero-order valence-corrected chi connectivity index (χ0v) is 10.6. The van der Waals surface area contributed by atoms with Gasteiger partial charge in [-0.25, -0.2) is 13.2 Å². The molecule has 0 aliphatic heterocycles. The Bertz CT molecular complexity index is 626. The quantitative estimate of drug-likeness (QED) is 0.850. The summed E-state index contributed by atoms with van der Waals surface area (Å²) in [4.78, 5) is 0. The van der Waals surface area contributed by atoms with E-state index in [2.05, 4.69) is 4.74 Å². The number of hydrogen-bond acceptors (Lipinski definition) is 2. The molecule has 5 heteroatoms. The average molecular weight is 269 g/mol. The van der Waals surface area contributed by atoms with Crippen LogP contribution in [0.1, 0.15) is 25.3 Å². The number of rotatable bonds is 3. The van der Waals surface area contributed by atoms with Crippen LogP contribution in [0.5, 0.6) is 5.75 Å². The Morgan fingerprint density at radius 2 is 1.84 bits per heavy atom. The van der Waals surface area contributed by atoms with Gasteiger partial charge in [-0.05, 0) is 23.6 Å². The average Bonchev–Trinajstić information content (AvgIpc) is 2.33. The lowest BCUT2D eigenvalue weighted by Gasteiger charge is -2.16. The second-order valence-electron chi connectivity index (χ2n) is 4.61. The summed E-state index contributed by atoms with van der Waals surface area (Å²) in [7, 11) is 0. The first-order chi connectivity index (χ1) is 8.95. The van der Waals surface area contributed by atoms with E-state index in [1.165, 1.54) is 6.07 Å². The standard InChI is InChI=1S/C14H14F3NO/c1-7(2)9-3-8(18)4-10-11(16)5-12(17)14(13(9)10)19-6-15/h3-5,7H,6,18H2,1-2H3. The van der Waals surface area contributed by atoms with Gasteiger partial charge in [-0.1, -0.05) is 13.8 Å². The van der Waals surface area contributed by atoms with E-state index < -0.39 is 18.5 Å². The smallest absolute Gasteiger partial charge is 0.228 e. The maximum atomic E-state index is 13.8. The molecule has 0 aromatic heterocycles. The normalized spacial score (nSPS) is 11.3. The predicted octanol–water partition coefficient (Wildman–Crippen LogP) is 4.13. The van der Waals surface area contributed by atoms with E-state index in [0.29, 0.717) is 17.3 Å². The van der Waals surface area contributed by atoms with Gasteiger partial charge >= 0.3 is 0 Å². The van der Waals surface area contributed by atoms with Crippen LogP contribution in [0.3, 0.4) is 0 Å². The van der Waals surface area contributed by atoms with Crippen LogP contribution in [0, 0.1) is 11.6 Å². The molecule has 0 spiro atoms. The third-order valence-electron chi connectivity index (χ3n) is 2.97. The van der Waals surface area contributed by atoms with E-state index in [0.717, 1.165) is 0 Å². The van der Waals surface area contributed by atoms with Crippen LogP contribution in [0.4, 0.5) is 18.9 Å². The van der Waals surface area contributed by atoms with Crippen molar-refractivity contribution in [3.63, 3.8) is 0 Å². The Hall–Kier alpha value is -1.91. The van der Waals surface area contributed by atoms with E-state index in [-0.39, 0.29) is 22.4 Å². The van der Waals surface area contributed by atoms with E-state index in [4.69, 9.17) is 5.73 Å². The van der Waals surface area contributed by atoms with Gasteiger partial charge in [-0.15, -0.1) is 0 Å². The molecule has 0 aliphatic carbocycles. The van der Waals surface area contributed by atoms with E-state index >= 15 is 0 Å². The molecule has 0 saturated heterocycles. The van der Waals surface area contributed by atoms with Gasteiger partial charge in [0.2, 0.25) is 6.86 Å². The Labute approximate surface area is 109 Å². The van der Waals surface area contributed by atoms with Crippen molar-refractivity contribution in [3.05, 3.63) is 35.4 Å². The van der Waals surface area contributed by atoms with E-state index in [1.807, 2.05) is 13.8 Å². The van der Waals surface area contributed by atoms with Gasteiger partial charge in [-0.2, -0.15) is 0 Å². The first-order valence-corrected chi connectivity index (χ1v) is 5.85. The van der Waals surface area contributed by atoms with Crippen LogP contribution in [-0.4, -0.2) is 6.86 Å². The molecule has 0 bridgehead atoms. The molecule has 0 radical (unpaired) electrons. The lowest BCUT2D eigenvalue weighted by Crippen LogP contribution is -2.01. The van der Waals surface area contributed by atoms with Crippen molar-refractivity contribution in [3.8, 4) is 5.75 Å². The minimum atomic E-state index is -1.18. The summed E-state index contributed by atoms with van der Waals surface area (Å²) >= 11 is 0. The fraction of sp³-hybridized carbons (Fsp3) is 0.286. The molecule has 2 N–H and O–H groups in total. The van der Waals surface area contributed by atoms with E-state index in [9.17, 15) is 13.2 Å². The van der Waals surface area contributed by atoms with Gasteiger partial charge in [0.25, 0.3) is 0 Å².